The van der Waals surface area contributed by atoms with Crippen LogP contribution in [0.1, 0.15) is 47.0 Å². The van der Waals surface area contributed by atoms with Crippen molar-refractivity contribution in [3.05, 3.63) is 48.1 Å². The van der Waals surface area contributed by atoms with Crippen LogP contribution < -0.4 is 0 Å². The lowest BCUT2D eigenvalue weighted by molar-refractivity contribution is -0.146. The molecule has 0 saturated heterocycles. The molecule has 2 heteroatoms. The van der Waals surface area contributed by atoms with Gasteiger partial charge < -0.3 is 4.74 Å². The molecule has 0 radical (unpaired) electrons. The Hall–Kier alpha value is -1.57. The summed E-state index contributed by atoms with van der Waals surface area (Å²) < 4.78 is 5.13. The highest BCUT2D eigenvalue weighted by atomic mass is 16.5. The molecule has 20 heavy (non-hydrogen) atoms. The fourth-order valence-corrected chi connectivity index (χ4v) is 1.90. The molecule has 0 aromatic heterocycles. The van der Waals surface area contributed by atoms with Crippen LogP contribution in [-0.2, 0) is 9.53 Å². The molecule has 0 saturated carbocycles. The normalized spacial score (nSPS) is 12.5. The minimum atomic E-state index is -0.182. The Bertz CT molecular complexity index is 396. The highest BCUT2D eigenvalue weighted by Crippen LogP contribution is 2.18. The SMILES string of the molecule is C=CC(=C)CC/C=C(\C)CC(C=C(C)C)C(=O)OCC. The summed E-state index contributed by atoms with van der Waals surface area (Å²) in [6.45, 7) is 15.9. The average Bonchev–Trinajstić information content (AvgIpc) is 2.37. The largest absolute Gasteiger partial charge is 0.466 e. The van der Waals surface area contributed by atoms with Crippen molar-refractivity contribution < 1.29 is 9.53 Å². The summed E-state index contributed by atoms with van der Waals surface area (Å²) in [5, 5.41) is 0. The van der Waals surface area contributed by atoms with Crippen LogP contribution in [0.3, 0.4) is 0 Å². The van der Waals surface area contributed by atoms with Gasteiger partial charge in [-0.3, -0.25) is 4.79 Å². The van der Waals surface area contributed by atoms with E-state index in [2.05, 4.69) is 26.2 Å². The topological polar surface area (TPSA) is 26.3 Å². The smallest absolute Gasteiger partial charge is 0.313 e. The van der Waals surface area contributed by atoms with Gasteiger partial charge in [0.15, 0.2) is 0 Å². The van der Waals surface area contributed by atoms with E-state index in [0.29, 0.717) is 13.0 Å². The van der Waals surface area contributed by atoms with E-state index >= 15 is 0 Å². The van der Waals surface area contributed by atoms with Gasteiger partial charge in [-0.25, -0.2) is 0 Å². The van der Waals surface area contributed by atoms with E-state index in [0.717, 1.165) is 24.0 Å². The molecule has 0 heterocycles. The van der Waals surface area contributed by atoms with Gasteiger partial charge in [0.05, 0.1) is 12.5 Å². The van der Waals surface area contributed by atoms with E-state index in [9.17, 15) is 4.79 Å². The third-order valence-corrected chi connectivity index (χ3v) is 2.91. The van der Waals surface area contributed by atoms with Gasteiger partial charge in [-0.2, -0.15) is 0 Å². The Kier molecular flexibility index (Phi) is 9.44. The number of rotatable bonds is 9. The highest BCUT2D eigenvalue weighted by Gasteiger charge is 2.17. The average molecular weight is 276 g/mol. The standard InChI is InChI=1S/C18H28O2/c1-7-15(5)10-9-11-16(6)13-17(12-14(3)4)18(19)20-8-2/h7,11-12,17H,1,5,8-10,13H2,2-4,6H3/b16-11+. The molecule has 112 valence electrons. The van der Waals surface area contributed by atoms with Crippen LogP contribution in [0.25, 0.3) is 0 Å². The Morgan fingerprint density at radius 2 is 1.95 bits per heavy atom. The molecular weight excluding hydrogens is 248 g/mol. The fourth-order valence-electron chi connectivity index (χ4n) is 1.90. The Balaban J connectivity index is 4.60. The second kappa shape index (κ2) is 10.2. The highest BCUT2D eigenvalue weighted by molar-refractivity contribution is 5.75. The summed E-state index contributed by atoms with van der Waals surface area (Å²) in [6.07, 6.45) is 8.49. The maximum absolute atomic E-state index is 11.9. The van der Waals surface area contributed by atoms with Crippen molar-refractivity contribution in [1.29, 1.82) is 0 Å². The van der Waals surface area contributed by atoms with Crippen LogP contribution >= 0.6 is 0 Å². The zero-order valence-electron chi connectivity index (χ0n) is 13.4. The van der Waals surface area contributed by atoms with E-state index in [1.165, 1.54) is 5.57 Å². The molecule has 1 atom stereocenters. The third-order valence-electron chi connectivity index (χ3n) is 2.91. The molecule has 0 aliphatic rings. The van der Waals surface area contributed by atoms with Crippen molar-refractivity contribution in [3.63, 3.8) is 0 Å². The van der Waals surface area contributed by atoms with Gasteiger partial charge in [0.1, 0.15) is 0 Å². The number of hydrogen-bond donors (Lipinski definition) is 0. The van der Waals surface area contributed by atoms with Crippen molar-refractivity contribution >= 4 is 5.97 Å². The second-order valence-corrected chi connectivity index (χ2v) is 5.26. The zero-order valence-corrected chi connectivity index (χ0v) is 13.4. The number of hydrogen-bond acceptors (Lipinski definition) is 2. The monoisotopic (exact) mass is 276 g/mol. The van der Waals surface area contributed by atoms with E-state index < -0.39 is 0 Å². The molecule has 0 aromatic carbocycles. The van der Waals surface area contributed by atoms with E-state index in [1.807, 2.05) is 26.8 Å². The molecule has 0 spiro atoms. The number of ether oxygens (including phenoxy) is 1. The van der Waals surface area contributed by atoms with Gasteiger partial charge >= 0.3 is 5.97 Å². The second-order valence-electron chi connectivity index (χ2n) is 5.26. The van der Waals surface area contributed by atoms with Gasteiger partial charge in [0, 0.05) is 0 Å². The minimum Gasteiger partial charge on any atom is -0.466 e. The predicted octanol–water partition coefficient (Wildman–Crippen LogP) is 4.99. The Morgan fingerprint density at radius 1 is 1.30 bits per heavy atom. The first-order valence-corrected chi connectivity index (χ1v) is 7.18. The van der Waals surface area contributed by atoms with Crippen molar-refractivity contribution in [3.8, 4) is 0 Å². The van der Waals surface area contributed by atoms with Gasteiger partial charge in [0.2, 0.25) is 0 Å². The summed E-state index contributed by atoms with van der Waals surface area (Å²) in [5.74, 6) is -0.323. The summed E-state index contributed by atoms with van der Waals surface area (Å²) in [6, 6.07) is 0. The summed E-state index contributed by atoms with van der Waals surface area (Å²) in [5.41, 5.74) is 3.38. The van der Waals surface area contributed by atoms with Gasteiger partial charge in [-0.05, 0) is 47.0 Å². The lowest BCUT2D eigenvalue weighted by Crippen LogP contribution is -2.16. The van der Waals surface area contributed by atoms with Gasteiger partial charge in [-0.1, -0.05) is 48.1 Å². The zero-order chi connectivity index (χ0) is 15.5. The Labute approximate surface area is 123 Å². The van der Waals surface area contributed by atoms with E-state index in [4.69, 9.17) is 4.74 Å². The third kappa shape index (κ3) is 8.52. The van der Waals surface area contributed by atoms with Crippen LogP contribution in [0.15, 0.2) is 48.1 Å². The van der Waals surface area contributed by atoms with Crippen LogP contribution in [0, 0.1) is 5.92 Å². The molecule has 0 fully saturated rings. The molecule has 0 rings (SSSR count). The van der Waals surface area contributed by atoms with E-state index in [1.54, 1.807) is 6.08 Å². The maximum Gasteiger partial charge on any atom is 0.313 e. The lowest BCUT2D eigenvalue weighted by Gasteiger charge is -2.13. The number of esters is 1. The number of carbonyl (C=O) groups is 1. The summed E-state index contributed by atoms with van der Waals surface area (Å²) >= 11 is 0. The molecule has 0 aliphatic carbocycles. The van der Waals surface area contributed by atoms with Crippen LogP contribution in [0.5, 0.6) is 0 Å². The van der Waals surface area contributed by atoms with Crippen molar-refractivity contribution in [1.82, 2.24) is 0 Å². The number of carbonyl (C=O) groups excluding carboxylic acids is 1. The maximum atomic E-state index is 11.9. The first kappa shape index (κ1) is 18.4. The van der Waals surface area contributed by atoms with E-state index in [-0.39, 0.29) is 11.9 Å². The van der Waals surface area contributed by atoms with Gasteiger partial charge in [0.25, 0.3) is 0 Å². The van der Waals surface area contributed by atoms with Crippen LogP contribution in [-0.4, -0.2) is 12.6 Å². The minimum absolute atomic E-state index is 0.142. The van der Waals surface area contributed by atoms with Crippen LogP contribution in [0.2, 0.25) is 0 Å². The molecule has 0 N–H and O–H groups in total. The fraction of sp³-hybridized carbons (Fsp3) is 0.500. The molecule has 0 amide bonds. The van der Waals surface area contributed by atoms with Crippen molar-refractivity contribution in [2.24, 2.45) is 5.92 Å². The van der Waals surface area contributed by atoms with Crippen molar-refractivity contribution in [2.75, 3.05) is 6.61 Å². The van der Waals surface area contributed by atoms with Gasteiger partial charge in [-0.15, -0.1) is 0 Å². The predicted molar refractivity (Wildman–Crippen MR) is 86.5 cm³/mol. The summed E-state index contributed by atoms with van der Waals surface area (Å²) in [4.78, 5) is 11.9. The molecule has 2 nitrogen and oxygen atoms in total. The first-order valence-electron chi connectivity index (χ1n) is 7.18. The van der Waals surface area contributed by atoms with Crippen molar-refractivity contribution in [2.45, 2.75) is 47.0 Å². The quantitative estimate of drug-likeness (QED) is 0.337. The van der Waals surface area contributed by atoms with Crippen LogP contribution in [0.4, 0.5) is 0 Å². The summed E-state index contributed by atoms with van der Waals surface area (Å²) in [7, 11) is 0. The molecule has 0 aliphatic heterocycles. The molecule has 1 unspecified atom stereocenters. The lowest BCUT2D eigenvalue weighted by atomic mass is 9.97. The molecule has 0 aromatic rings. The molecule has 0 bridgehead atoms. The number of allylic oxidation sites excluding steroid dienone is 5. The first-order chi connectivity index (χ1) is 9.40. The molecular formula is C18H28O2. The Morgan fingerprint density at radius 3 is 2.45 bits per heavy atom.